The fourth-order valence-corrected chi connectivity index (χ4v) is 4.11. The third-order valence-corrected chi connectivity index (χ3v) is 5.69. The summed E-state index contributed by atoms with van der Waals surface area (Å²) in [7, 11) is 0. The summed E-state index contributed by atoms with van der Waals surface area (Å²) < 4.78 is 18.1. The summed E-state index contributed by atoms with van der Waals surface area (Å²) in [6, 6.07) is 8.05. The van der Waals surface area contributed by atoms with Gasteiger partial charge in [-0.3, -0.25) is 0 Å². The van der Waals surface area contributed by atoms with Crippen LogP contribution in [-0.2, 0) is 9.47 Å². The van der Waals surface area contributed by atoms with Gasteiger partial charge in [-0.15, -0.1) is 0 Å². The topological polar surface area (TPSA) is 68.7 Å². The molecule has 2 fully saturated rings. The van der Waals surface area contributed by atoms with Crippen molar-refractivity contribution in [2.24, 2.45) is 0 Å². The van der Waals surface area contributed by atoms with Gasteiger partial charge in [-0.1, -0.05) is 18.2 Å². The average Bonchev–Trinajstić information content (AvgIpc) is 3.21. The third kappa shape index (κ3) is 4.37. The second-order valence-corrected chi connectivity index (χ2v) is 7.83. The monoisotopic (exact) mass is 396 g/mol. The van der Waals surface area contributed by atoms with Crippen molar-refractivity contribution in [2.75, 3.05) is 37.7 Å². The van der Waals surface area contributed by atoms with Gasteiger partial charge in [0.2, 0.25) is 11.8 Å². The van der Waals surface area contributed by atoms with Gasteiger partial charge in [0.1, 0.15) is 6.10 Å². The molecular formula is C22H28N4O3. The minimum atomic E-state index is -0.0867. The fourth-order valence-electron chi connectivity index (χ4n) is 4.11. The van der Waals surface area contributed by atoms with E-state index >= 15 is 0 Å². The number of fused-ring (bicyclic) bond motifs is 1. The van der Waals surface area contributed by atoms with Gasteiger partial charge in [0.25, 0.3) is 0 Å². The Morgan fingerprint density at radius 1 is 1.03 bits per heavy atom. The number of hydrogen-bond donors (Lipinski definition) is 1. The molecule has 0 amide bonds. The molecule has 0 radical (unpaired) electrons. The lowest BCUT2D eigenvalue weighted by molar-refractivity contribution is -0.179. The highest BCUT2D eigenvalue weighted by atomic mass is 16.7. The predicted molar refractivity (Wildman–Crippen MR) is 111 cm³/mol. The third-order valence-electron chi connectivity index (χ3n) is 5.69. The summed E-state index contributed by atoms with van der Waals surface area (Å²) in [5.74, 6) is 1.39. The average molecular weight is 396 g/mol. The first-order valence-electron chi connectivity index (χ1n) is 10.7. The molecule has 1 aliphatic carbocycles. The summed E-state index contributed by atoms with van der Waals surface area (Å²) in [5, 5.41) is 4.32. The number of hydrogen-bond acceptors (Lipinski definition) is 7. The van der Waals surface area contributed by atoms with Crippen LogP contribution in [0.1, 0.15) is 25.7 Å². The van der Waals surface area contributed by atoms with Gasteiger partial charge in [0.15, 0.2) is 6.29 Å². The number of nitrogens with one attached hydrogen (secondary N) is 1. The van der Waals surface area contributed by atoms with Gasteiger partial charge < -0.3 is 24.4 Å². The largest absolute Gasteiger partial charge is 0.469 e. The highest BCUT2D eigenvalue weighted by Gasteiger charge is 2.26. The molecule has 1 aromatic heterocycles. The fraction of sp³-hybridized carbons (Fsp3) is 0.545. The number of anilines is 1. The van der Waals surface area contributed by atoms with E-state index in [2.05, 4.69) is 22.4 Å². The van der Waals surface area contributed by atoms with E-state index in [-0.39, 0.29) is 18.5 Å². The Labute approximate surface area is 171 Å². The maximum Gasteiger partial charge on any atom is 0.229 e. The van der Waals surface area contributed by atoms with E-state index in [1.165, 1.54) is 6.42 Å². The zero-order chi connectivity index (χ0) is 19.5. The normalized spacial score (nSPS) is 27.4. The maximum atomic E-state index is 6.34. The van der Waals surface area contributed by atoms with Gasteiger partial charge in [-0.25, -0.2) is 4.98 Å². The molecule has 1 unspecified atom stereocenters. The van der Waals surface area contributed by atoms with Crippen molar-refractivity contribution < 1.29 is 14.2 Å². The first kappa shape index (κ1) is 18.8. The highest BCUT2D eigenvalue weighted by molar-refractivity contribution is 5.84. The molecule has 2 aromatic rings. The standard InChI is InChI=1S/C22H28N4O3/c1-2-6-19-18(5-1)21(25-22(24-19)26-12-10-23-11-13-26)29-17-9-8-16(15-17)28-20-7-3-4-14-27-20/h1-2,5-6,8-9,16-17,20,23H,3-4,7,10-15H2/t16-,17+,20?/m1/s1. The van der Waals surface area contributed by atoms with Crippen molar-refractivity contribution in [3.05, 3.63) is 36.4 Å². The lowest BCUT2D eigenvalue weighted by Crippen LogP contribution is -2.44. The lowest BCUT2D eigenvalue weighted by atomic mass is 10.2. The summed E-state index contributed by atoms with van der Waals surface area (Å²) in [6.45, 7) is 4.49. The molecule has 0 saturated carbocycles. The Bertz CT molecular complexity index is 862. The molecule has 2 aliphatic heterocycles. The first-order valence-corrected chi connectivity index (χ1v) is 10.7. The molecule has 3 heterocycles. The van der Waals surface area contributed by atoms with E-state index in [4.69, 9.17) is 24.2 Å². The van der Waals surface area contributed by atoms with Crippen molar-refractivity contribution in [3.63, 3.8) is 0 Å². The van der Waals surface area contributed by atoms with E-state index in [1.807, 2.05) is 24.3 Å². The summed E-state index contributed by atoms with van der Waals surface area (Å²) in [4.78, 5) is 11.8. The molecule has 1 N–H and O–H groups in total. The van der Waals surface area contributed by atoms with Crippen LogP contribution in [0, 0.1) is 0 Å². The van der Waals surface area contributed by atoms with Crippen LogP contribution < -0.4 is 15.0 Å². The van der Waals surface area contributed by atoms with Crippen LogP contribution in [0.15, 0.2) is 36.4 Å². The van der Waals surface area contributed by atoms with E-state index in [9.17, 15) is 0 Å². The summed E-state index contributed by atoms with van der Waals surface area (Å²) in [5.41, 5.74) is 0.913. The van der Waals surface area contributed by atoms with Crippen LogP contribution in [-0.4, -0.2) is 61.3 Å². The number of rotatable bonds is 5. The highest BCUT2D eigenvalue weighted by Crippen LogP contribution is 2.29. The Balaban J connectivity index is 1.31. The Morgan fingerprint density at radius 2 is 1.90 bits per heavy atom. The zero-order valence-electron chi connectivity index (χ0n) is 16.6. The van der Waals surface area contributed by atoms with Crippen molar-refractivity contribution in [1.82, 2.24) is 15.3 Å². The van der Waals surface area contributed by atoms with Gasteiger partial charge in [-0.2, -0.15) is 4.98 Å². The molecular weight excluding hydrogens is 368 g/mol. The van der Waals surface area contributed by atoms with Crippen LogP contribution in [0.3, 0.4) is 0 Å². The molecule has 7 nitrogen and oxygen atoms in total. The second-order valence-electron chi connectivity index (χ2n) is 7.83. The van der Waals surface area contributed by atoms with Crippen molar-refractivity contribution in [1.29, 1.82) is 0 Å². The minimum Gasteiger partial charge on any atom is -0.469 e. The van der Waals surface area contributed by atoms with E-state index in [1.54, 1.807) is 0 Å². The number of aromatic nitrogens is 2. The maximum absolute atomic E-state index is 6.34. The van der Waals surface area contributed by atoms with Gasteiger partial charge in [-0.05, 0) is 37.5 Å². The SMILES string of the molecule is C1=C[C@H](Oc2nc(N3CCNCC3)nc3ccccc23)C[C@@H]1OC1CCCCO1. The molecule has 29 heavy (non-hydrogen) atoms. The van der Waals surface area contributed by atoms with E-state index in [0.29, 0.717) is 5.88 Å². The minimum absolute atomic E-state index is 0.0313. The second kappa shape index (κ2) is 8.65. The molecule has 0 spiro atoms. The number of piperazine rings is 1. The van der Waals surface area contributed by atoms with Crippen LogP contribution in [0.5, 0.6) is 5.88 Å². The summed E-state index contributed by atoms with van der Waals surface area (Å²) in [6.07, 6.45) is 8.10. The van der Waals surface area contributed by atoms with Crippen LogP contribution >= 0.6 is 0 Å². The van der Waals surface area contributed by atoms with Gasteiger partial charge in [0, 0.05) is 39.2 Å². The van der Waals surface area contributed by atoms with Gasteiger partial charge in [0.05, 0.1) is 17.0 Å². The molecule has 0 bridgehead atoms. The van der Waals surface area contributed by atoms with Crippen molar-refractivity contribution in [2.45, 2.75) is 44.2 Å². The smallest absolute Gasteiger partial charge is 0.229 e. The van der Waals surface area contributed by atoms with E-state index in [0.717, 1.165) is 68.9 Å². The molecule has 3 atom stereocenters. The Morgan fingerprint density at radius 3 is 2.76 bits per heavy atom. The molecule has 5 rings (SSSR count). The van der Waals surface area contributed by atoms with Crippen LogP contribution in [0.4, 0.5) is 5.95 Å². The number of ether oxygens (including phenoxy) is 3. The Hall–Kier alpha value is -2.22. The van der Waals surface area contributed by atoms with E-state index < -0.39 is 0 Å². The van der Waals surface area contributed by atoms with Crippen molar-refractivity contribution >= 4 is 16.9 Å². The molecule has 154 valence electrons. The molecule has 2 saturated heterocycles. The van der Waals surface area contributed by atoms with Gasteiger partial charge >= 0.3 is 0 Å². The summed E-state index contributed by atoms with van der Waals surface area (Å²) >= 11 is 0. The zero-order valence-corrected chi connectivity index (χ0v) is 16.6. The Kier molecular flexibility index (Phi) is 5.60. The molecule has 1 aromatic carbocycles. The number of para-hydroxylation sites is 1. The quantitative estimate of drug-likeness (QED) is 0.779. The molecule has 3 aliphatic rings. The van der Waals surface area contributed by atoms with Crippen LogP contribution in [0.2, 0.25) is 0 Å². The number of nitrogens with zero attached hydrogens (tertiary/aromatic N) is 3. The van der Waals surface area contributed by atoms with Crippen LogP contribution in [0.25, 0.3) is 10.9 Å². The predicted octanol–water partition coefficient (Wildman–Crippen LogP) is 2.66. The first-order chi connectivity index (χ1) is 14.3. The number of benzene rings is 1. The lowest BCUT2D eigenvalue weighted by Gasteiger charge is -2.28. The molecule has 7 heteroatoms. The van der Waals surface area contributed by atoms with Crippen molar-refractivity contribution in [3.8, 4) is 5.88 Å².